The van der Waals surface area contributed by atoms with Gasteiger partial charge >= 0.3 is 0 Å². The fraction of sp³-hybridized carbons (Fsp3) is 0.294. The zero-order chi connectivity index (χ0) is 14.8. The molecule has 1 aliphatic rings. The summed E-state index contributed by atoms with van der Waals surface area (Å²) in [6.45, 7) is 5.40. The number of hydrogen-bond donors (Lipinski definition) is 1. The Hall–Kier alpha value is -1.52. The molecule has 3 rings (SSSR count). The lowest BCUT2D eigenvalue weighted by Crippen LogP contribution is -2.19. The van der Waals surface area contributed by atoms with Gasteiger partial charge in [-0.05, 0) is 42.7 Å². The molecule has 2 aromatic carbocycles. The Morgan fingerprint density at radius 1 is 1.19 bits per heavy atom. The van der Waals surface area contributed by atoms with E-state index < -0.39 is 0 Å². The second-order valence-electron chi connectivity index (χ2n) is 5.26. The highest BCUT2D eigenvalue weighted by Gasteiger charge is 2.16. The van der Waals surface area contributed by atoms with Crippen LogP contribution in [0.25, 0.3) is 0 Å². The lowest BCUT2D eigenvalue weighted by atomic mass is 10.0. The van der Waals surface area contributed by atoms with Crippen LogP contribution in [0.15, 0.2) is 40.9 Å². The number of halogens is 1. The van der Waals surface area contributed by atoms with Crippen LogP contribution in [0.5, 0.6) is 11.5 Å². The van der Waals surface area contributed by atoms with E-state index in [0.29, 0.717) is 12.8 Å². The van der Waals surface area contributed by atoms with Gasteiger partial charge in [0.2, 0.25) is 6.79 Å². The van der Waals surface area contributed by atoms with Gasteiger partial charge in [-0.2, -0.15) is 0 Å². The third-order valence-electron chi connectivity index (χ3n) is 3.80. The minimum Gasteiger partial charge on any atom is -0.454 e. The Morgan fingerprint density at radius 3 is 2.67 bits per heavy atom. The molecule has 21 heavy (non-hydrogen) atoms. The molecule has 4 heteroatoms. The van der Waals surface area contributed by atoms with Gasteiger partial charge in [0, 0.05) is 17.1 Å². The lowest BCUT2D eigenvalue weighted by molar-refractivity contribution is 0.174. The summed E-state index contributed by atoms with van der Waals surface area (Å²) in [7, 11) is 0. The van der Waals surface area contributed by atoms with E-state index in [2.05, 4.69) is 59.4 Å². The summed E-state index contributed by atoms with van der Waals surface area (Å²) in [5.41, 5.74) is 3.80. The van der Waals surface area contributed by atoms with Crippen LogP contribution in [-0.2, 0) is 6.54 Å². The third kappa shape index (κ3) is 3.06. The molecule has 0 saturated heterocycles. The molecule has 0 radical (unpaired) electrons. The van der Waals surface area contributed by atoms with Crippen molar-refractivity contribution < 1.29 is 9.47 Å². The van der Waals surface area contributed by atoms with Crippen molar-refractivity contribution in [1.29, 1.82) is 0 Å². The van der Waals surface area contributed by atoms with Crippen molar-refractivity contribution in [2.75, 3.05) is 6.79 Å². The monoisotopic (exact) mass is 347 g/mol. The Labute approximate surface area is 133 Å². The molecular formula is C17H18BrNO2. The first-order valence-electron chi connectivity index (χ1n) is 7.02. The van der Waals surface area contributed by atoms with Crippen molar-refractivity contribution in [3.63, 3.8) is 0 Å². The summed E-state index contributed by atoms with van der Waals surface area (Å²) in [6.07, 6.45) is 0. The van der Waals surface area contributed by atoms with E-state index in [4.69, 9.17) is 9.47 Å². The molecule has 2 aromatic rings. The maximum absolute atomic E-state index is 5.43. The van der Waals surface area contributed by atoms with E-state index in [1.165, 1.54) is 16.7 Å². The first-order chi connectivity index (χ1) is 10.1. The SMILES string of the molecule is Cc1ccccc1[C@H](C)NCc1cc2c(cc1Br)OCO2. The van der Waals surface area contributed by atoms with Gasteiger partial charge in [-0.3, -0.25) is 0 Å². The predicted octanol–water partition coefficient (Wildman–Crippen LogP) is 4.34. The minimum absolute atomic E-state index is 0.295. The molecule has 0 aromatic heterocycles. The van der Waals surface area contributed by atoms with Gasteiger partial charge < -0.3 is 14.8 Å². The normalized spacial score (nSPS) is 14.2. The number of hydrogen-bond acceptors (Lipinski definition) is 3. The van der Waals surface area contributed by atoms with Gasteiger partial charge in [-0.25, -0.2) is 0 Å². The van der Waals surface area contributed by atoms with Crippen molar-refractivity contribution in [3.05, 3.63) is 57.6 Å². The first kappa shape index (κ1) is 14.4. The fourth-order valence-electron chi connectivity index (χ4n) is 2.54. The molecule has 1 N–H and O–H groups in total. The molecule has 1 aliphatic heterocycles. The van der Waals surface area contributed by atoms with Crippen LogP contribution in [0, 0.1) is 6.92 Å². The van der Waals surface area contributed by atoms with Crippen molar-refractivity contribution in [2.24, 2.45) is 0 Å². The average molecular weight is 348 g/mol. The summed E-state index contributed by atoms with van der Waals surface area (Å²) in [6, 6.07) is 12.8. The lowest BCUT2D eigenvalue weighted by Gasteiger charge is -2.17. The summed E-state index contributed by atoms with van der Waals surface area (Å²) < 4.78 is 11.8. The van der Waals surface area contributed by atoms with Gasteiger partial charge in [-0.1, -0.05) is 40.2 Å². The molecule has 0 amide bonds. The number of rotatable bonds is 4. The minimum atomic E-state index is 0.295. The Morgan fingerprint density at radius 2 is 1.90 bits per heavy atom. The molecule has 0 fully saturated rings. The van der Waals surface area contributed by atoms with E-state index in [1.54, 1.807) is 0 Å². The van der Waals surface area contributed by atoms with E-state index in [0.717, 1.165) is 22.5 Å². The Bertz CT molecular complexity index is 657. The van der Waals surface area contributed by atoms with Crippen LogP contribution < -0.4 is 14.8 Å². The van der Waals surface area contributed by atoms with Crippen LogP contribution in [0.2, 0.25) is 0 Å². The smallest absolute Gasteiger partial charge is 0.231 e. The zero-order valence-electron chi connectivity index (χ0n) is 12.2. The Kier molecular flexibility index (Phi) is 4.17. The maximum Gasteiger partial charge on any atom is 0.231 e. The highest BCUT2D eigenvalue weighted by atomic mass is 79.9. The molecule has 3 nitrogen and oxygen atoms in total. The van der Waals surface area contributed by atoms with Crippen LogP contribution in [-0.4, -0.2) is 6.79 Å². The molecular weight excluding hydrogens is 330 g/mol. The number of benzene rings is 2. The average Bonchev–Trinajstić information content (AvgIpc) is 2.92. The molecule has 1 atom stereocenters. The van der Waals surface area contributed by atoms with Gasteiger partial charge in [0.1, 0.15) is 0 Å². The topological polar surface area (TPSA) is 30.5 Å². The quantitative estimate of drug-likeness (QED) is 0.892. The fourth-order valence-corrected chi connectivity index (χ4v) is 3.00. The van der Waals surface area contributed by atoms with E-state index >= 15 is 0 Å². The number of fused-ring (bicyclic) bond motifs is 1. The second kappa shape index (κ2) is 6.08. The molecule has 1 heterocycles. The highest BCUT2D eigenvalue weighted by molar-refractivity contribution is 9.10. The van der Waals surface area contributed by atoms with Crippen molar-refractivity contribution >= 4 is 15.9 Å². The highest BCUT2D eigenvalue weighted by Crippen LogP contribution is 2.37. The molecule has 0 spiro atoms. The molecule has 0 unspecified atom stereocenters. The molecule has 110 valence electrons. The first-order valence-corrected chi connectivity index (χ1v) is 7.81. The van der Waals surface area contributed by atoms with Crippen molar-refractivity contribution in [2.45, 2.75) is 26.4 Å². The van der Waals surface area contributed by atoms with Gasteiger partial charge in [0.25, 0.3) is 0 Å². The van der Waals surface area contributed by atoms with E-state index in [1.807, 2.05) is 12.1 Å². The molecule has 0 bridgehead atoms. The van der Waals surface area contributed by atoms with Gasteiger partial charge in [-0.15, -0.1) is 0 Å². The van der Waals surface area contributed by atoms with Gasteiger partial charge in [0.05, 0.1) is 0 Å². The van der Waals surface area contributed by atoms with E-state index in [-0.39, 0.29) is 0 Å². The molecule has 0 aliphatic carbocycles. The van der Waals surface area contributed by atoms with E-state index in [9.17, 15) is 0 Å². The maximum atomic E-state index is 5.43. The Balaban J connectivity index is 1.72. The number of aryl methyl sites for hydroxylation is 1. The summed E-state index contributed by atoms with van der Waals surface area (Å²) in [5, 5.41) is 3.56. The summed E-state index contributed by atoms with van der Waals surface area (Å²) >= 11 is 3.60. The van der Waals surface area contributed by atoms with Crippen LogP contribution >= 0.6 is 15.9 Å². The number of nitrogens with one attached hydrogen (secondary N) is 1. The van der Waals surface area contributed by atoms with Crippen LogP contribution in [0.1, 0.15) is 29.7 Å². The van der Waals surface area contributed by atoms with Crippen LogP contribution in [0.4, 0.5) is 0 Å². The van der Waals surface area contributed by atoms with Crippen LogP contribution in [0.3, 0.4) is 0 Å². The zero-order valence-corrected chi connectivity index (χ0v) is 13.7. The number of ether oxygens (including phenoxy) is 2. The van der Waals surface area contributed by atoms with Crippen molar-refractivity contribution in [3.8, 4) is 11.5 Å². The summed E-state index contributed by atoms with van der Waals surface area (Å²) in [4.78, 5) is 0. The largest absolute Gasteiger partial charge is 0.454 e. The predicted molar refractivity (Wildman–Crippen MR) is 86.7 cm³/mol. The summed E-state index contributed by atoms with van der Waals surface area (Å²) in [5.74, 6) is 1.62. The second-order valence-corrected chi connectivity index (χ2v) is 6.11. The third-order valence-corrected chi connectivity index (χ3v) is 4.53. The molecule has 0 saturated carbocycles. The standard InChI is InChI=1S/C17H18BrNO2/c1-11-5-3-4-6-14(11)12(2)19-9-13-7-16-17(8-15(13)18)21-10-20-16/h3-8,12,19H,9-10H2,1-2H3/t12-/m0/s1. The van der Waals surface area contributed by atoms with Crippen molar-refractivity contribution in [1.82, 2.24) is 5.32 Å². The van der Waals surface area contributed by atoms with Gasteiger partial charge in [0.15, 0.2) is 11.5 Å².